The Morgan fingerprint density at radius 1 is 1.47 bits per heavy atom. The van der Waals surface area contributed by atoms with Crippen molar-refractivity contribution in [2.75, 3.05) is 13.1 Å². The fourth-order valence-corrected chi connectivity index (χ4v) is 2.27. The summed E-state index contributed by atoms with van der Waals surface area (Å²) in [4.78, 5) is 2.47. The van der Waals surface area contributed by atoms with Gasteiger partial charge in [0.1, 0.15) is 11.5 Å². The number of nitrogens with two attached hydrogens (primary N) is 1. The third kappa shape index (κ3) is 2.83. The molecule has 3 heteroatoms. The predicted molar refractivity (Wildman–Crippen MR) is 60.3 cm³/mol. The van der Waals surface area contributed by atoms with Gasteiger partial charge in [-0.25, -0.2) is 0 Å². The number of furan rings is 1. The zero-order valence-corrected chi connectivity index (χ0v) is 9.41. The molecule has 0 bridgehead atoms. The second-order valence-corrected chi connectivity index (χ2v) is 4.55. The zero-order chi connectivity index (χ0) is 10.7. The highest BCUT2D eigenvalue weighted by atomic mass is 16.3. The van der Waals surface area contributed by atoms with Crippen LogP contribution in [0, 0.1) is 5.92 Å². The Bertz CT molecular complexity index is 308. The first kappa shape index (κ1) is 10.7. The molecule has 0 aliphatic carbocycles. The lowest BCUT2D eigenvalue weighted by molar-refractivity contribution is 0.164. The second-order valence-electron chi connectivity index (χ2n) is 4.55. The van der Waals surface area contributed by atoms with Crippen LogP contribution in [0.3, 0.4) is 0 Å². The third-order valence-corrected chi connectivity index (χ3v) is 3.04. The molecule has 1 aliphatic heterocycles. The van der Waals surface area contributed by atoms with Crippen LogP contribution in [0.2, 0.25) is 0 Å². The van der Waals surface area contributed by atoms with Gasteiger partial charge in [-0.05, 0) is 37.4 Å². The van der Waals surface area contributed by atoms with Gasteiger partial charge >= 0.3 is 0 Å². The van der Waals surface area contributed by atoms with Gasteiger partial charge in [-0.3, -0.25) is 4.90 Å². The minimum absolute atomic E-state index is 0.496. The monoisotopic (exact) mass is 208 g/mol. The fourth-order valence-electron chi connectivity index (χ4n) is 2.27. The van der Waals surface area contributed by atoms with Crippen LogP contribution in [0.15, 0.2) is 16.5 Å². The summed E-state index contributed by atoms with van der Waals surface area (Å²) in [6, 6.07) is 4.02. The van der Waals surface area contributed by atoms with E-state index in [9.17, 15) is 0 Å². The van der Waals surface area contributed by atoms with Crippen LogP contribution in [-0.4, -0.2) is 18.0 Å². The maximum absolute atomic E-state index is 5.60. The highest BCUT2D eigenvalue weighted by Gasteiger charge is 2.17. The topological polar surface area (TPSA) is 42.4 Å². The lowest BCUT2D eigenvalue weighted by Gasteiger charge is -2.29. The highest BCUT2D eigenvalue weighted by Crippen LogP contribution is 2.18. The van der Waals surface area contributed by atoms with Crippen molar-refractivity contribution in [1.82, 2.24) is 4.90 Å². The number of likely N-dealkylation sites (tertiary alicyclic amines) is 1. The number of piperidine rings is 1. The van der Waals surface area contributed by atoms with Crippen molar-refractivity contribution in [2.24, 2.45) is 11.7 Å². The molecule has 2 heterocycles. The Balaban J connectivity index is 1.90. The van der Waals surface area contributed by atoms with Gasteiger partial charge in [0.15, 0.2) is 0 Å². The molecule has 3 nitrogen and oxygen atoms in total. The Hall–Kier alpha value is -0.800. The van der Waals surface area contributed by atoms with Gasteiger partial charge in [-0.1, -0.05) is 6.92 Å². The average molecular weight is 208 g/mol. The Kier molecular flexibility index (Phi) is 3.44. The van der Waals surface area contributed by atoms with E-state index in [1.165, 1.54) is 25.9 Å². The van der Waals surface area contributed by atoms with Crippen LogP contribution in [-0.2, 0) is 13.1 Å². The van der Waals surface area contributed by atoms with Crippen molar-refractivity contribution in [3.05, 3.63) is 23.7 Å². The summed E-state index contributed by atoms with van der Waals surface area (Å²) in [6.07, 6.45) is 2.67. The van der Waals surface area contributed by atoms with E-state index in [0.29, 0.717) is 6.54 Å². The third-order valence-electron chi connectivity index (χ3n) is 3.04. The summed E-state index contributed by atoms with van der Waals surface area (Å²) in [6.45, 7) is 6.14. The largest absolute Gasteiger partial charge is 0.463 e. The maximum Gasteiger partial charge on any atom is 0.118 e. The molecule has 0 saturated carbocycles. The van der Waals surface area contributed by atoms with Crippen LogP contribution in [0.5, 0.6) is 0 Å². The molecular weight excluding hydrogens is 188 g/mol. The quantitative estimate of drug-likeness (QED) is 0.825. The molecular formula is C12H20N2O. The lowest BCUT2D eigenvalue weighted by atomic mass is 10.0. The van der Waals surface area contributed by atoms with Crippen LogP contribution in [0.1, 0.15) is 31.3 Å². The van der Waals surface area contributed by atoms with Gasteiger partial charge in [0.05, 0.1) is 13.1 Å². The maximum atomic E-state index is 5.60. The molecule has 0 spiro atoms. The number of hydrogen-bond acceptors (Lipinski definition) is 3. The second kappa shape index (κ2) is 4.81. The van der Waals surface area contributed by atoms with E-state index in [1.54, 1.807) is 0 Å². The predicted octanol–water partition coefficient (Wildman–Crippen LogP) is 1.97. The summed E-state index contributed by atoms with van der Waals surface area (Å²) in [7, 11) is 0. The summed E-state index contributed by atoms with van der Waals surface area (Å²) in [5.74, 6) is 2.75. The molecule has 0 aromatic carbocycles. The first-order chi connectivity index (χ1) is 7.28. The van der Waals surface area contributed by atoms with E-state index in [1.807, 2.05) is 12.1 Å². The highest BCUT2D eigenvalue weighted by molar-refractivity contribution is 5.06. The normalized spacial score (nSPS) is 23.2. The molecule has 1 atom stereocenters. The van der Waals surface area contributed by atoms with Crippen LogP contribution < -0.4 is 5.73 Å². The molecule has 2 N–H and O–H groups in total. The van der Waals surface area contributed by atoms with Gasteiger partial charge in [-0.15, -0.1) is 0 Å². The van der Waals surface area contributed by atoms with Crippen molar-refractivity contribution in [2.45, 2.75) is 32.9 Å². The average Bonchev–Trinajstić information content (AvgIpc) is 2.65. The van der Waals surface area contributed by atoms with Gasteiger partial charge < -0.3 is 10.2 Å². The van der Waals surface area contributed by atoms with Crippen LogP contribution in [0.25, 0.3) is 0 Å². The molecule has 0 amide bonds. The SMILES string of the molecule is CC1CCCN(Cc2ccc(CN)o2)C1. The summed E-state index contributed by atoms with van der Waals surface area (Å²) < 4.78 is 5.60. The first-order valence-electron chi connectivity index (χ1n) is 5.78. The molecule has 1 aliphatic rings. The minimum Gasteiger partial charge on any atom is -0.463 e. The molecule has 1 aromatic heterocycles. The Morgan fingerprint density at radius 3 is 2.93 bits per heavy atom. The van der Waals surface area contributed by atoms with Crippen molar-refractivity contribution in [3.63, 3.8) is 0 Å². The van der Waals surface area contributed by atoms with Crippen molar-refractivity contribution < 1.29 is 4.42 Å². The van der Waals surface area contributed by atoms with E-state index < -0.39 is 0 Å². The summed E-state index contributed by atoms with van der Waals surface area (Å²) in [5, 5.41) is 0. The van der Waals surface area contributed by atoms with Gasteiger partial charge in [0.2, 0.25) is 0 Å². The molecule has 84 valence electrons. The van der Waals surface area contributed by atoms with E-state index in [-0.39, 0.29) is 0 Å². The molecule has 1 aromatic rings. The van der Waals surface area contributed by atoms with Crippen LogP contribution >= 0.6 is 0 Å². The molecule has 0 radical (unpaired) electrons. The smallest absolute Gasteiger partial charge is 0.118 e. The van der Waals surface area contributed by atoms with Gasteiger partial charge in [0.25, 0.3) is 0 Å². The first-order valence-corrected chi connectivity index (χ1v) is 5.78. The summed E-state index contributed by atoms with van der Waals surface area (Å²) >= 11 is 0. The van der Waals surface area contributed by atoms with Crippen LogP contribution in [0.4, 0.5) is 0 Å². The van der Waals surface area contributed by atoms with Crippen molar-refractivity contribution in [3.8, 4) is 0 Å². The molecule has 1 unspecified atom stereocenters. The van der Waals surface area contributed by atoms with E-state index in [0.717, 1.165) is 24.0 Å². The Morgan fingerprint density at radius 2 is 2.27 bits per heavy atom. The van der Waals surface area contributed by atoms with Gasteiger partial charge in [0, 0.05) is 6.54 Å². The van der Waals surface area contributed by atoms with E-state index in [4.69, 9.17) is 10.2 Å². The molecule has 1 saturated heterocycles. The summed E-state index contributed by atoms with van der Waals surface area (Å²) in [5.41, 5.74) is 5.51. The molecule has 15 heavy (non-hydrogen) atoms. The van der Waals surface area contributed by atoms with Crippen molar-refractivity contribution >= 4 is 0 Å². The zero-order valence-electron chi connectivity index (χ0n) is 9.41. The fraction of sp³-hybridized carbons (Fsp3) is 0.667. The molecule has 2 rings (SSSR count). The number of rotatable bonds is 3. The number of nitrogens with zero attached hydrogens (tertiary/aromatic N) is 1. The van der Waals surface area contributed by atoms with E-state index >= 15 is 0 Å². The van der Waals surface area contributed by atoms with E-state index in [2.05, 4.69) is 11.8 Å². The number of hydrogen-bond donors (Lipinski definition) is 1. The minimum atomic E-state index is 0.496. The van der Waals surface area contributed by atoms with Crippen molar-refractivity contribution in [1.29, 1.82) is 0 Å². The Labute approximate surface area is 91.2 Å². The molecule has 1 fully saturated rings. The van der Waals surface area contributed by atoms with Gasteiger partial charge in [-0.2, -0.15) is 0 Å². The standard InChI is InChI=1S/C12H20N2O/c1-10-3-2-6-14(8-10)9-12-5-4-11(7-13)15-12/h4-5,10H,2-3,6-9,13H2,1H3. The lowest BCUT2D eigenvalue weighted by Crippen LogP contribution is -2.33.